The van der Waals surface area contributed by atoms with Gasteiger partial charge in [-0.05, 0) is 36.6 Å². The Kier molecular flexibility index (Phi) is 5.54. The summed E-state index contributed by atoms with van der Waals surface area (Å²) in [6.07, 6.45) is 2.54. The van der Waals surface area contributed by atoms with E-state index >= 15 is 0 Å². The van der Waals surface area contributed by atoms with Crippen molar-refractivity contribution in [2.75, 3.05) is 24.4 Å². The monoisotopic (exact) mass is 529 g/mol. The SMILES string of the molecule is [2H]c1nc(NS(=O)(=O)NCCC)c(-c2c([2H])c([2H])c(Br)c([2H])c2[2H])c(OCC([2H])([2H])Oc2ncc(C)cn2)n1. The molecule has 1 aromatic carbocycles. The molecule has 0 radical (unpaired) electrons. The molecule has 2 N–H and O–H groups in total. The van der Waals surface area contributed by atoms with Crippen LogP contribution in [0, 0.1) is 6.92 Å². The zero-order valence-corrected chi connectivity index (χ0v) is 19.4. The van der Waals surface area contributed by atoms with Crippen molar-refractivity contribution in [2.45, 2.75) is 20.3 Å². The first-order valence-corrected chi connectivity index (χ1v) is 11.5. The molecule has 3 aromatic rings. The molecule has 0 bridgehead atoms. The number of nitrogens with one attached hydrogen (secondary N) is 2. The molecular weight excluding hydrogens is 500 g/mol. The Hall–Kier alpha value is -2.83. The molecule has 0 aliphatic heterocycles. The fourth-order valence-corrected chi connectivity index (χ4v) is 3.33. The molecule has 10 nitrogen and oxygen atoms in total. The second kappa shape index (κ2) is 11.2. The van der Waals surface area contributed by atoms with Gasteiger partial charge < -0.3 is 9.47 Å². The number of halogens is 1. The second-order valence-corrected chi connectivity index (χ2v) is 8.41. The van der Waals surface area contributed by atoms with Crippen LogP contribution in [0.15, 0.2) is 47.3 Å². The van der Waals surface area contributed by atoms with E-state index in [1.165, 1.54) is 12.4 Å². The van der Waals surface area contributed by atoms with Gasteiger partial charge >= 0.3 is 6.01 Å². The highest BCUT2D eigenvalue weighted by Gasteiger charge is 2.19. The van der Waals surface area contributed by atoms with Crippen LogP contribution in [-0.4, -0.2) is 48.1 Å². The summed E-state index contributed by atoms with van der Waals surface area (Å²) in [7, 11) is -4.27. The normalized spacial score (nSPS) is 14.8. The highest BCUT2D eigenvalue weighted by Crippen LogP contribution is 2.34. The average molecular weight is 530 g/mol. The first-order valence-electron chi connectivity index (χ1n) is 12.7. The van der Waals surface area contributed by atoms with Crippen LogP contribution in [-0.2, 0) is 10.2 Å². The molecule has 0 fully saturated rings. The Balaban J connectivity index is 2.14. The van der Waals surface area contributed by atoms with Crippen LogP contribution in [0.2, 0.25) is 0 Å². The lowest BCUT2D eigenvalue weighted by Gasteiger charge is -2.15. The first kappa shape index (κ1) is 15.9. The molecule has 0 aliphatic rings. The Morgan fingerprint density at radius 3 is 2.53 bits per heavy atom. The summed E-state index contributed by atoms with van der Waals surface area (Å²) in [6, 6.07) is -2.45. The summed E-state index contributed by atoms with van der Waals surface area (Å²) in [5, 5.41) is 0. The minimum absolute atomic E-state index is 0.0604. The molecule has 0 saturated heterocycles. The van der Waals surface area contributed by atoms with Gasteiger partial charge in [-0.25, -0.2) is 19.9 Å². The van der Waals surface area contributed by atoms with Crippen molar-refractivity contribution in [1.82, 2.24) is 24.7 Å². The van der Waals surface area contributed by atoms with Gasteiger partial charge in [0, 0.05) is 23.4 Å². The molecular formula is C20H23BrN6O4S. The van der Waals surface area contributed by atoms with E-state index in [4.69, 9.17) is 19.1 Å². The highest BCUT2D eigenvalue weighted by molar-refractivity contribution is 9.10. The van der Waals surface area contributed by atoms with Gasteiger partial charge in [-0.1, -0.05) is 34.9 Å². The molecule has 32 heavy (non-hydrogen) atoms. The van der Waals surface area contributed by atoms with E-state index in [0.717, 1.165) is 0 Å². The largest absolute Gasteiger partial charge is 0.473 e. The van der Waals surface area contributed by atoms with Gasteiger partial charge in [0.2, 0.25) is 5.88 Å². The van der Waals surface area contributed by atoms with Crippen LogP contribution in [0.3, 0.4) is 0 Å². The van der Waals surface area contributed by atoms with Gasteiger partial charge in [0.1, 0.15) is 20.8 Å². The lowest BCUT2D eigenvalue weighted by atomic mass is 10.1. The number of nitrogens with zero attached hydrogens (tertiary/aromatic N) is 4. The molecule has 0 amide bonds. The Morgan fingerprint density at radius 2 is 1.84 bits per heavy atom. The minimum Gasteiger partial charge on any atom is -0.473 e. The van der Waals surface area contributed by atoms with Crippen LogP contribution < -0.4 is 18.9 Å². The summed E-state index contributed by atoms with van der Waals surface area (Å²) in [4.78, 5) is 15.3. The van der Waals surface area contributed by atoms with Crippen molar-refractivity contribution in [3.8, 4) is 23.0 Å². The molecule has 3 rings (SSSR count). The van der Waals surface area contributed by atoms with Crippen molar-refractivity contribution >= 4 is 32.0 Å². The Bertz CT molecular complexity index is 1450. The quantitative estimate of drug-likeness (QED) is 0.387. The molecule has 2 aromatic heterocycles. The topological polar surface area (TPSA) is 128 Å². The molecule has 0 unspecified atom stereocenters. The van der Waals surface area contributed by atoms with Crippen molar-refractivity contribution in [3.05, 3.63) is 52.9 Å². The van der Waals surface area contributed by atoms with E-state index < -0.39 is 76.7 Å². The second-order valence-electron chi connectivity index (χ2n) is 6.12. The molecule has 12 heteroatoms. The van der Waals surface area contributed by atoms with Gasteiger partial charge in [0.15, 0.2) is 5.82 Å². The first-order chi connectivity index (χ1) is 18.2. The van der Waals surface area contributed by atoms with Gasteiger partial charge in [0.05, 0.1) is 13.8 Å². The van der Waals surface area contributed by atoms with Gasteiger partial charge in [-0.3, -0.25) is 4.72 Å². The molecule has 0 saturated carbocycles. The maximum absolute atomic E-state index is 12.6. The van der Waals surface area contributed by atoms with Crippen LogP contribution in [0.5, 0.6) is 11.9 Å². The fraction of sp³-hybridized carbons (Fsp3) is 0.300. The van der Waals surface area contributed by atoms with Crippen molar-refractivity contribution in [1.29, 1.82) is 0 Å². The molecule has 0 atom stereocenters. The number of aryl methyl sites for hydroxylation is 1. The third-order valence-corrected chi connectivity index (χ3v) is 5.01. The van der Waals surface area contributed by atoms with Crippen LogP contribution >= 0.6 is 15.9 Å². The lowest BCUT2D eigenvalue weighted by molar-refractivity contribution is 0.202. The predicted molar refractivity (Wildman–Crippen MR) is 124 cm³/mol. The zero-order chi connectivity index (χ0) is 29.1. The number of hydrogen-bond acceptors (Lipinski definition) is 8. The van der Waals surface area contributed by atoms with Crippen LogP contribution in [0.4, 0.5) is 5.82 Å². The number of rotatable bonds is 11. The van der Waals surface area contributed by atoms with Crippen LogP contribution in [0.1, 0.15) is 28.5 Å². The Morgan fingerprint density at radius 1 is 1.12 bits per heavy atom. The maximum Gasteiger partial charge on any atom is 0.316 e. The Labute approximate surface area is 205 Å². The summed E-state index contributed by atoms with van der Waals surface area (Å²) in [5.41, 5.74) is -0.176. The van der Waals surface area contributed by atoms with E-state index in [1.807, 2.05) is 0 Å². The van der Waals surface area contributed by atoms with Crippen molar-refractivity contribution in [3.63, 3.8) is 0 Å². The number of anilines is 1. The average Bonchev–Trinajstić information content (AvgIpc) is 2.86. The highest BCUT2D eigenvalue weighted by atomic mass is 79.9. The van der Waals surface area contributed by atoms with Crippen molar-refractivity contribution < 1.29 is 27.5 Å². The van der Waals surface area contributed by atoms with Gasteiger partial charge in [0.25, 0.3) is 10.2 Å². The summed E-state index contributed by atoms with van der Waals surface area (Å²) in [6.45, 7) is 0.0816. The number of aromatic nitrogens is 4. The third-order valence-electron chi connectivity index (χ3n) is 3.57. The molecule has 2 heterocycles. The standard InChI is InChI=1S/C20H23BrN6O4S/c1-3-8-26-32(28,29)27-18-17(15-4-6-16(21)7-5-15)19(25-13-24-18)30-9-10-31-20-22-11-14(2)12-23-20/h4-7,11-13,26H,3,8-10H2,1-2H3,(H,24,25,27)/i4D,5D,6D,7D,10D2,13D. The summed E-state index contributed by atoms with van der Waals surface area (Å²) >= 11 is 3.00. The van der Waals surface area contributed by atoms with Gasteiger partial charge in [-0.15, -0.1) is 0 Å². The molecule has 170 valence electrons. The molecule has 0 aliphatic carbocycles. The summed E-state index contributed by atoms with van der Waals surface area (Å²) in [5.74, 6) is -1.18. The van der Waals surface area contributed by atoms with E-state index in [9.17, 15) is 8.42 Å². The minimum atomic E-state index is -4.27. The molecule has 0 spiro atoms. The van der Waals surface area contributed by atoms with E-state index in [2.05, 4.69) is 45.3 Å². The zero-order valence-electron chi connectivity index (χ0n) is 24.0. The number of hydrogen-bond donors (Lipinski definition) is 2. The smallest absolute Gasteiger partial charge is 0.316 e. The summed E-state index contributed by atoms with van der Waals surface area (Å²) < 4.78 is 97.5. The van der Waals surface area contributed by atoms with Crippen LogP contribution in [0.25, 0.3) is 11.1 Å². The van der Waals surface area contributed by atoms with E-state index in [0.29, 0.717) is 12.0 Å². The maximum atomic E-state index is 12.6. The predicted octanol–water partition coefficient (Wildman–Crippen LogP) is 3.12. The number of ether oxygens (including phenoxy) is 2. The van der Waals surface area contributed by atoms with E-state index in [1.54, 1.807) is 13.8 Å². The van der Waals surface area contributed by atoms with Crippen molar-refractivity contribution in [2.24, 2.45) is 0 Å². The third kappa shape index (κ3) is 6.84. The van der Waals surface area contributed by atoms with Gasteiger partial charge in [-0.2, -0.15) is 13.1 Å². The number of benzene rings is 1. The lowest BCUT2D eigenvalue weighted by Crippen LogP contribution is -2.31. The van der Waals surface area contributed by atoms with E-state index in [-0.39, 0.29) is 17.0 Å². The fourth-order valence-electron chi connectivity index (χ4n) is 2.18.